The summed E-state index contributed by atoms with van der Waals surface area (Å²) in [6, 6.07) is 32.5. The van der Waals surface area contributed by atoms with Crippen LogP contribution in [0.25, 0.3) is 0 Å². The van der Waals surface area contributed by atoms with E-state index in [0.717, 1.165) is 0 Å². The molecule has 0 spiro atoms. The topological polar surface area (TPSA) is 0 Å². The van der Waals surface area contributed by atoms with Crippen LogP contribution in [0.5, 0.6) is 0 Å². The van der Waals surface area contributed by atoms with Gasteiger partial charge in [-0.3, -0.25) is 0 Å². The molecule has 0 unspecified atom stereocenters. The molecule has 0 fully saturated rings. The van der Waals surface area contributed by atoms with Gasteiger partial charge in [0.1, 0.15) is 0 Å². The third-order valence-electron chi connectivity index (χ3n) is 2.55. The summed E-state index contributed by atoms with van der Waals surface area (Å²) in [4.78, 5) is 0. The average molecular weight is 425 g/mol. The van der Waals surface area contributed by atoms with Crippen LogP contribution in [0.2, 0.25) is 0 Å². The van der Waals surface area contributed by atoms with Crippen LogP contribution >= 0.6 is 0 Å². The van der Waals surface area contributed by atoms with E-state index in [-0.39, 0.29) is 0 Å². The standard InChI is InChI=1S/2C7H8.C6H6.C5H12.3C2H6/c2*1-7-5-3-2-4-6-7;1-2-4-6-5-3-1;1-5(2,3)4;3*1-2/h2*2-6H,1H3;1-6H;1-4H3;3*1-2H3. The molecule has 0 aliphatic heterocycles. The third-order valence-corrected chi connectivity index (χ3v) is 2.55. The normalized spacial score (nSPS) is 8.00. The molecule has 176 valence electrons. The summed E-state index contributed by atoms with van der Waals surface area (Å²) in [5, 5.41) is 0. The van der Waals surface area contributed by atoms with E-state index in [1.807, 2.05) is 114 Å². The second-order valence-electron chi connectivity index (χ2n) is 7.46. The molecule has 0 aromatic heterocycles. The van der Waals surface area contributed by atoms with Gasteiger partial charge in [0.05, 0.1) is 0 Å². The molecule has 0 bridgehead atoms. The summed E-state index contributed by atoms with van der Waals surface area (Å²) in [7, 11) is 0. The van der Waals surface area contributed by atoms with Crippen LogP contribution < -0.4 is 0 Å². The van der Waals surface area contributed by atoms with E-state index in [0.29, 0.717) is 5.41 Å². The van der Waals surface area contributed by atoms with Crippen LogP contribution in [0.15, 0.2) is 97.1 Å². The fraction of sp³-hybridized carbons (Fsp3) is 0.419. The lowest BCUT2D eigenvalue weighted by Gasteiger charge is -2.05. The lowest BCUT2D eigenvalue weighted by Crippen LogP contribution is -1.93. The van der Waals surface area contributed by atoms with E-state index in [9.17, 15) is 0 Å². The quantitative estimate of drug-likeness (QED) is 0.336. The van der Waals surface area contributed by atoms with Gasteiger partial charge in [0, 0.05) is 0 Å². The van der Waals surface area contributed by atoms with Crippen molar-refractivity contribution in [1.82, 2.24) is 0 Å². The van der Waals surface area contributed by atoms with Gasteiger partial charge in [-0.25, -0.2) is 0 Å². The Hall–Kier alpha value is -2.34. The van der Waals surface area contributed by atoms with Crippen molar-refractivity contribution in [3.63, 3.8) is 0 Å². The van der Waals surface area contributed by atoms with Gasteiger partial charge < -0.3 is 0 Å². The van der Waals surface area contributed by atoms with Crippen molar-refractivity contribution >= 4 is 0 Å². The highest BCUT2D eigenvalue weighted by Crippen LogP contribution is 2.08. The monoisotopic (exact) mass is 424 g/mol. The van der Waals surface area contributed by atoms with Crippen molar-refractivity contribution in [3.05, 3.63) is 108 Å². The number of rotatable bonds is 0. The van der Waals surface area contributed by atoms with E-state index in [1.165, 1.54) is 11.1 Å². The second-order valence-corrected chi connectivity index (χ2v) is 7.46. The van der Waals surface area contributed by atoms with Crippen molar-refractivity contribution in [2.75, 3.05) is 0 Å². The van der Waals surface area contributed by atoms with Crippen LogP contribution in [-0.4, -0.2) is 0 Å². The van der Waals surface area contributed by atoms with E-state index in [4.69, 9.17) is 0 Å². The summed E-state index contributed by atoms with van der Waals surface area (Å²) in [5.74, 6) is 0. The molecule has 0 nitrogen and oxygen atoms in total. The van der Waals surface area contributed by atoms with E-state index < -0.39 is 0 Å². The van der Waals surface area contributed by atoms with E-state index in [2.05, 4.69) is 65.8 Å². The smallest absolute Gasteiger partial charge is 0.0398 e. The predicted molar refractivity (Wildman–Crippen MR) is 148 cm³/mol. The molecule has 3 aromatic rings. The highest BCUT2D eigenvalue weighted by atomic mass is 14.0. The molecule has 0 heterocycles. The Kier molecular flexibility index (Phi) is 34.7. The Balaban J connectivity index is -0.000000146. The van der Waals surface area contributed by atoms with Gasteiger partial charge in [0.25, 0.3) is 0 Å². The molecule has 0 aliphatic rings. The molecular formula is C31H52. The highest BCUT2D eigenvalue weighted by molar-refractivity contribution is 5.12. The summed E-state index contributed by atoms with van der Waals surface area (Å²) in [5.41, 5.74) is 3.14. The Labute approximate surface area is 196 Å². The van der Waals surface area contributed by atoms with Crippen LogP contribution in [0.3, 0.4) is 0 Å². The van der Waals surface area contributed by atoms with Crippen molar-refractivity contribution < 1.29 is 0 Å². The largest absolute Gasteiger partial charge is 0.0683 e. The van der Waals surface area contributed by atoms with Gasteiger partial charge in [-0.2, -0.15) is 0 Å². The van der Waals surface area contributed by atoms with E-state index >= 15 is 0 Å². The lowest BCUT2D eigenvalue weighted by molar-refractivity contribution is 0.469. The maximum absolute atomic E-state index is 2.19. The van der Waals surface area contributed by atoms with Gasteiger partial charge >= 0.3 is 0 Å². The Morgan fingerprint density at radius 1 is 0.355 bits per heavy atom. The SMILES string of the molecule is CC.CC.CC.CC(C)(C)C.Cc1ccccc1.Cc1ccccc1.c1ccccc1. The van der Waals surface area contributed by atoms with Gasteiger partial charge in [-0.1, -0.05) is 177 Å². The number of hydrogen-bond acceptors (Lipinski definition) is 0. The zero-order valence-corrected chi connectivity index (χ0v) is 22.7. The molecule has 0 N–H and O–H groups in total. The summed E-state index contributed by atoms with van der Waals surface area (Å²) in [6.45, 7) is 24.9. The molecule has 0 aliphatic carbocycles. The predicted octanol–water partition coefficient (Wildman–Crippen LogP) is 10.8. The molecule has 0 saturated carbocycles. The maximum atomic E-state index is 2.19. The second kappa shape index (κ2) is 29.9. The zero-order chi connectivity index (χ0) is 25.0. The first-order chi connectivity index (χ1) is 14.8. The first kappa shape index (κ1) is 36.1. The molecule has 0 atom stereocenters. The van der Waals surface area contributed by atoms with Crippen LogP contribution in [0.4, 0.5) is 0 Å². The fourth-order valence-electron chi connectivity index (χ4n) is 1.45. The minimum absolute atomic E-state index is 0.500. The summed E-state index contributed by atoms with van der Waals surface area (Å²) < 4.78 is 0. The molecule has 0 saturated heterocycles. The zero-order valence-electron chi connectivity index (χ0n) is 22.7. The Morgan fingerprint density at radius 3 is 0.581 bits per heavy atom. The minimum Gasteiger partial charge on any atom is -0.0683 e. The molecular weight excluding hydrogens is 372 g/mol. The van der Waals surface area contributed by atoms with Crippen LogP contribution in [0.1, 0.15) is 80.4 Å². The van der Waals surface area contributed by atoms with Crippen LogP contribution in [0, 0.1) is 19.3 Å². The van der Waals surface area contributed by atoms with Gasteiger partial charge in [-0.05, 0) is 19.3 Å². The van der Waals surface area contributed by atoms with Crippen LogP contribution in [-0.2, 0) is 0 Å². The molecule has 0 radical (unpaired) electrons. The maximum Gasteiger partial charge on any atom is -0.0398 e. The lowest BCUT2D eigenvalue weighted by atomic mass is 10.0. The molecule has 3 rings (SSSR count). The number of benzene rings is 3. The highest BCUT2D eigenvalue weighted by Gasteiger charge is 1.95. The summed E-state index contributed by atoms with van der Waals surface area (Å²) >= 11 is 0. The Morgan fingerprint density at radius 2 is 0.484 bits per heavy atom. The number of hydrogen-bond donors (Lipinski definition) is 0. The van der Waals surface area contributed by atoms with E-state index in [1.54, 1.807) is 0 Å². The minimum atomic E-state index is 0.500. The van der Waals surface area contributed by atoms with Gasteiger partial charge in [-0.15, -0.1) is 0 Å². The first-order valence-corrected chi connectivity index (χ1v) is 11.8. The van der Waals surface area contributed by atoms with Crippen molar-refractivity contribution in [2.24, 2.45) is 5.41 Å². The number of aryl methyl sites for hydroxylation is 2. The molecule has 0 amide bonds. The van der Waals surface area contributed by atoms with Crippen molar-refractivity contribution in [2.45, 2.75) is 83.1 Å². The molecule has 0 heteroatoms. The molecule has 31 heavy (non-hydrogen) atoms. The Bertz CT molecular complexity index is 534. The third kappa shape index (κ3) is 47.1. The molecule has 3 aromatic carbocycles. The van der Waals surface area contributed by atoms with Gasteiger partial charge in [0.2, 0.25) is 0 Å². The van der Waals surface area contributed by atoms with Gasteiger partial charge in [0.15, 0.2) is 0 Å². The summed E-state index contributed by atoms with van der Waals surface area (Å²) in [6.07, 6.45) is 0. The first-order valence-electron chi connectivity index (χ1n) is 11.8. The van der Waals surface area contributed by atoms with Crippen molar-refractivity contribution in [1.29, 1.82) is 0 Å². The van der Waals surface area contributed by atoms with Crippen molar-refractivity contribution in [3.8, 4) is 0 Å². The fourth-order valence-corrected chi connectivity index (χ4v) is 1.45. The average Bonchev–Trinajstić information content (AvgIpc) is 2.80.